The van der Waals surface area contributed by atoms with Crippen molar-refractivity contribution in [2.75, 3.05) is 38.2 Å². The maximum Gasteiger partial charge on any atom is 0.253 e. The number of carbonyl (C=O) groups is 1. The lowest BCUT2D eigenvalue weighted by atomic mass is 10.2. The zero-order valence-corrected chi connectivity index (χ0v) is 10.6. The molecule has 1 heterocycles. The van der Waals surface area contributed by atoms with Gasteiger partial charge in [0.1, 0.15) is 15.9 Å². The standard InChI is InChI=1S/C10H15N5OS/c1-15(2)4-3-14-10-7(9(13)16)8(12)6(5-11)17-10/h14H,3-4,12H2,1-2H3,(H2,13,16). The van der Waals surface area contributed by atoms with Crippen molar-refractivity contribution in [2.24, 2.45) is 5.73 Å². The van der Waals surface area contributed by atoms with Gasteiger partial charge in [-0.2, -0.15) is 5.26 Å². The van der Waals surface area contributed by atoms with Crippen LogP contribution >= 0.6 is 11.3 Å². The molecular weight excluding hydrogens is 238 g/mol. The van der Waals surface area contributed by atoms with Crippen LogP contribution in [0.1, 0.15) is 15.2 Å². The Morgan fingerprint density at radius 2 is 2.24 bits per heavy atom. The van der Waals surface area contributed by atoms with Gasteiger partial charge < -0.3 is 21.7 Å². The molecular formula is C10H15N5OS. The Labute approximate surface area is 104 Å². The van der Waals surface area contributed by atoms with Crippen molar-refractivity contribution in [1.29, 1.82) is 5.26 Å². The highest BCUT2D eigenvalue weighted by Gasteiger charge is 2.19. The van der Waals surface area contributed by atoms with Crippen molar-refractivity contribution in [3.05, 3.63) is 10.4 Å². The second-order valence-electron chi connectivity index (χ2n) is 3.76. The fourth-order valence-electron chi connectivity index (χ4n) is 1.29. The zero-order chi connectivity index (χ0) is 13.0. The van der Waals surface area contributed by atoms with E-state index in [-0.39, 0.29) is 11.3 Å². The number of nitrogen functional groups attached to an aromatic ring is 1. The van der Waals surface area contributed by atoms with Gasteiger partial charge in [0, 0.05) is 13.1 Å². The van der Waals surface area contributed by atoms with Crippen molar-refractivity contribution < 1.29 is 4.79 Å². The minimum Gasteiger partial charge on any atom is -0.396 e. The molecule has 0 spiro atoms. The number of thiophene rings is 1. The maximum absolute atomic E-state index is 11.3. The smallest absolute Gasteiger partial charge is 0.253 e. The Hall–Kier alpha value is -1.78. The van der Waals surface area contributed by atoms with Crippen LogP contribution in [0.3, 0.4) is 0 Å². The summed E-state index contributed by atoms with van der Waals surface area (Å²) in [5.74, 6) is -0.618. The van der Waals surface area contributed by atoms with Crippen molar-refractivity contribution in [1.82, 2.24) is 4.90 Å². The van der Waals surface area contributed by atoms with Crippen LogP contribution in [0.15, 0.2) is 0 Å². The molecule has 17 heavy (non-hydrogen) atoms. The van der Waals surface area contributed by atoms with Gasteiger partial charge in [0.15, 0.2) is 0 Å². The number of rotatable bonds is 5. The number of nitriles is 1. The summed E-state index contributed by atoms with van der Waals surface area (Å²) in [6, 6.07) is 1.95. The Balaban J connectivity index is 2.91. The molecule has 1 amide bonds. The van der Waals surface area contributed by atoms with Gasteiger partial charge >= 0.3 is 0 Å². The van der Waals surface area contributed by atoms with Crippen LogP contribution in [-0.2, 0) is 0 Å². The predicted molar refractivity (Wildman–Crippen MR) is 69.0 cm³/mol. The molecule has 0 radical (unpaired) electrons. The fraction of sp³-hybridized carbons (Fsp3) is 0.400. The minimum atomic E-state index is -0.618. The lowest BCUT2D eigenvalue weighted by Crippen LogP contribution is -2.22. The molecule has 5 N–H and O–H groups in total. The van der Waals surface area contributed by atoms with Gasteiger partial charge in [0.05, 0.1) is 11.3 Å². The van der Waals surface area contributed by atoms with Gasteiger partial charge in [0.25, 0.3) is 5.91 Å². The lowest BCUT2D eigenvalue weighted by Gasteiger charge is -2.10. The van der Waals surface area contributed by atoms with Crippen LogP contribution < -0.4 is 16.8 Å². The number of nitrogens with one attached hydrogen (secondary N) is 1. The van der Waals surface area contributed by atoms with Gasteiger partial charge in [-0.25, -0.2) is 0 Å². The molecule has 0 saturated carbocycles. The molecule has 6 nitrogen and oxygen atoms in total. The number of amides is 1. The average molecular weight is 253 g/mol. The summed E-state index contributed by atoms with van der Waals surface area (Å²) < 4.78 is 0. The first-order chi connectivity index (χ1) is 7.97. The van der Waals surface area contributed by atoms with E-state index < -0.39 is 5.91 Å². The molecule has 92 valence electrons. The van der Waals surface area contributed by atoms with E-state index in [1.165, 1.54) is 0 Å². The van der Waals surface area contributed by atoms with E-state index in [1.54, 1.807) is 0 Å². The summed E-state index contributed by atoms with van der Waals surface area (Å²) in [4.78, 5) is 13.6. The first-order valence-corrected chi connectivity index (χ1v) is 5.79. The maximum atomic E-state index is 11.3. The molecule has 1 rings (SSSR count). The fourth-order valence-corrected chi connectivity index (χ4v) is 2.24. The van der Waals surface area contributed by atoms with E-state index in [0.717, 1.165) is 17.9 Å². The minimum absolute atomic E-state index is 0.164. The second kappa shape index (κ2) is 5.52. The Morgan fingerprint density at radius 1 is 1.59 bits per heavy atom. The van der Waals surface area contributed by atoms with E-state index in [0.29, 0.717) is 16.4 Å². The van der Waals surface area contributed by atoms with E-state index in [1.807, 2.05) is 25.1 Å². The topological polar surface area (TPSA) is 108 Å². The third-order valence-corrected chi connectivity index (χ3v) is 3.21. The summed E-state index contributed by atoms with van der Waals surface area (Å²) in [6.45, 7) is 1.45. The zero-order valence-electron chi connectivity index (χ0n) is 9.78. The van der Waals surface area contributed by atoms with Gasteiger partial charge in [-0.15, -0.1) is 11.3 Å². The second-order valence-corrected chi connectivity index (χ2v) is 4.78. The summed E-state index contributed by atoms with van der Waals surface area (Å²) >= 11 is 1.15. The number of likely N-dealkylation sites (N-methyl/N-ethyl adjacent to an activating group) is 1. The quantitative estimate of drug-likeness (QED) is 0.698. The first kappa shape index (κ1) is 13.3. The number of hydrogen-bond donors (Lipinski definition) is 3. The summed E-state index contributed by atoms with van der Waals surface area (Å²) in [7, 11) is 3.89. The van der Waals surface area contributed by atoms with Gasteiger partial charge in [-0.05, 0) is 14.1 Å². The van der Waals surface area contributed by atoms with Crippen LogP contribution in [0.4, 0.5) is 10.7 Å². The van der Waals surface area contributed by atoms with Gasteiger partial charge in [-0.3, -0.25) is 4.79 Å². The van der Waals surface area contributed by atoms with Crippen molar-refractivity contribution in [3.63, 3.8) is 0 Å². The highest BCUT2D eigenvalue weighted by atomic mass is 32.1. The first-order valence-electron chi connectivity index (χ1n) is 4.98. The monoisotopic (exact) mass is 253 g/mol. The third-order valence-electron chi connectivity index (χ3n) is 2.14. The molecule has 0 aliphatic carbocycles. The van der Waals surface area contributed by atoms with Crippen molar-refractivity contribution >= 4 is 27.9 Å². The van der Waals surface area contributed by atoms with E-state index >= 15 is 0 Å². The number of primary amides is 1. The molecule has 0 saturated heterocycles. The molecule has 7 heteroatoms. The molecule has 0 aromatic carbocycles. The molecule has 0 unspecified atom stereocenters. The molecule has 0 fully saturated rings. The number of nitrogens with zero attached hydrogens (tertiary/aromatic N) is 2. The molecule has 0 aliphatic heterocycles. The normalized spacial score (nSPS) is 10.2. The van der Waals surface area contributed by atoms with Gasteiger partial charge in [-0.1, -0.05) is 0 Å². The molecule has 0 aliphatic rings. The number of nitrogens with two attached hydrogens (primary N) is 2. The van der Waals surface area contributed by atoms with Crippen LogP contribution in [-0.4, -0.2) is 38.0 Å². The molecule has 0 atom stereocenters. The van der Waals surface area contributed by atoms with E-state index in [2.05, 4.69) is 5.32 Å². The van der Waals surface area contributed by atoms with Crippen LogP contribution in [0.2, 0.25) is 0 Å². The summed E-state index contributed by atoms with van der Waals surface area (Å²) in [6.07, 6.45) is 0. The van der Waals surface area contributed by atoms with Crippen LogP contribution in [0.5, 0.6) is 0 Å². The number of carbonyl (C=O) groups excluding carboxylic acids is 1. The Bertz CT molecular complexity index is 460. The van der Waals surface area contributed by atoms with Gasteiger partial charge in [0.2, 0.25) is 0 Å². The van der Waals surface area contributed by atoms with E-state index in [4.69, 9.17) is 16.7 Å². The highest BCUT2D eigenvalue weighted by molar-refractivity contribution is 7.17. The van der Waals surface area contributed by atoms with Crippen LogP contribution in [0.25, 0.3) is 0 Å². The van der Waals surface area contributed by atoms with E-state index in [9.17, 15) is 4.79 Å². The van der Waals surface area contributed by atoms with Crippen molar-refractivity contribution in [2.45, 2.75) is 0 Å². The summed E-state index contributed by atoms with van der Waals surface area (Å²) in [5, 5.41) is 12.5. The lowest BCUT2D eigenvalue weighted by molar-refractivity contribution is 0.100. The third kappa shape index (κ3) is 3.09. The average Bonchev–Trinajstić information content (AvgIpc) is 2.54. The van der Waals surface area contributed by atoms with Crippen LogP contribution in [0, 0.1) is 11.3 Å². The highest BCUT2D eigenvalue weighted by Crippen LogP contribution is 2.34. The van der Waals surface area contributed by atoms with Crippen molar-refractivity contribution in [3.8, 4) is 6.07 Å². The Kier molecular flexibility index (Phi) is 4.31. The molecule has 0 bridgehead atoms. The summed E-state index contributed by atoms with van der Waals surface area (Å²) in [5.41, 5.74) is 11.3. The number of hydrogen-bond acceptors (Lipinski definition) is 6. The predicted octanol–water partition coefficient (Wildman–Crippen LogP) is 0.274. The molecule has 1 aromatic heterocycles. The largest absolute Gasteiger partial charge is 0.396 e. The SMILES string of the molecule is CN(C)CCNc1sc(C#N)c(N)c1C(N)=O. The number of anilines is 2. The molecule has 1 aromatic rings. The Morgan fingerprint density at radius 3 is 2.71 bits per heavy atom.